The van der Waals surface area contributed by atoms with E-state index in [1.54, 1.807) is 11.8 Å². The second kappa shape index (κ2) is 10.1. The molecule has 3 heterocycles. The Bertz CT molecular complexity index is 1430. The lowest BCUT2D eigenvalue weighted by Gasteiger charge is -2.23. The highest BCUT2D eigenvalue weighted by atomic mass is 32.1. The number of aromatic nitrogens is 2. The fraction of sp³-hybridized carbons (Fsp3) is 0.423. The van der Waals surface area contributed by atoms with E-state index in [1.165, 1.54) is 11.3 Å². The molecule has 8 nitrogen and oxygen atoms in total. The third kappa shape index (κ3) is 4.91. The lowest BCUT2D eigenvalue weighted by molar-refractivity contribution is -0.127. The molecule has 0 spiro atoms. The van der Waals surface area contributed by atoms with Crippen LogP contribution in [0, 0.1) is 5.92 Å². The Kier molecular flexibility index (Phi) is 5.20. The fourth-order valence-electron chi connectivity index (χ4n) is 4.04. The summed E-state index contributed by atoms with van der Waals surface area (Å²) in [5.41, 5.74) is 3.19. The molecule has 0 saturated heterocycles. The van der Waals surface area contributed by atoms with Crippen LogP contribution in [0.15, 0.2) is 29.0 Å². The van der Waals surface area contributed by atoms with Gasteiger partial charge >= 0.3 is 0 Å². The largest absolute Gasteiger partial charge is 0.496 e. The van der Waals surface area contributed by atoms with Gasteiger partial charge in [0.2, 0.25) is 5.91 Å². The highest BCUT2D eigenvalue weighted by Crippen LogP contribution is 2.44. The summed E-state index contributed by atoms with van der Waals surface area (Å²) < 4.78 is 60.2. The average molecular weight is 503 g/mol. The summed E-state index contributed by atoms with van der Waals surface area (Å²) in [7, 11) is 1.59. The molecule has 0 unspecified atom stereocenters. The van der Waals surface area contributed by atoms with Crippen LogP contribution in [0.1, 0.15) is 50.6 Å². The number of ether oxygens (including phenoxy) is 2. The average Bonchev–Trinajstić information content (AvgIpc) is 3.52. The number of carbonyl (C=O) groups excluding carboxylic acids is 2. The van der Waals surface area contributed by atoms with Crippen molar-refractivity contribution in [2.75, 3.05) is 34.2 Å². The van der Waals surface area contributed by atoms with Crippen LogP contribution in [0.25, 0.3) is 16.9 Å². The van der Waals surface area contributed by atoms with E-state index in [4.69, 9.17) is 17.7 Å². The summed E-state index contributed by atoms with van der Waals surface area (Å²) in [6.45, 7) is -1.55. The smallest absolute Gasteiger partial charge is 0.274 e. The second-order valence-electron chi connectivity index (χ2n) is 8.74. The summed E-state index contributed by atoms with van der Waals surface area (Å²) in [6, 6.07) is 5.60. The van der Waals surface area contributed by atoms with Gasteiger partial charge in [-0.25, -0.2) is 4.68 Å². The van der Waals surface area contributed by atoms with Gasteiger partial charge in [-0.15, -0.1) is 0 Å². The summed E-state index contributed by atoms with van der Waals surface area (Å²) in [4.78, 5) is 27.0. The molecule has 1 aromatic carbocycles. The van der Waals surface area contributed by atoms with Gasteiger partial charge in [0.15, 0.2) is 5.69 Å². The Morgan fingerprint density at radius 1 is 1.29 bits per heavy atom. The lowest BCUT2D eigenvalue weighted by atomic mass is 9.95. The van der Waals surface area contributed by atoms with Crippen molar-refractivity contribution in [3.63, 3.8) is 0 Å². The van der Waals surface area contributed by atoms with Crippen LogP contribution in [0.3, 0.4) is 0 Å². The van der Waals surface area contributed by atoms with Crippen molar-refractivity contribution >= 4 is 23.2 Å². The first kappa shape index (κ1) is 18.0. The monoisotopic (exact) mass is 502 g/mol. The maximum absolute atomic E-state index is 13.9. The second-order valence-corrected chi connectivity index (χ2v) is 9.52. The first-order chi connectivity index (χ1) is 19.1. The van der Waals surface area contributed by atoms with E-state index in [0.717, 1.165) is 18.9 Å². The van der Waals surface area contributed by atoms with Crippen LogP contribution < -0.4 is 9.47 Å². The Hall–Kier alpha value is -3.33. The minimum absolute atomic E-state index is 0.0517. The SMILES string of the molecule is [2H]C([2H])([2H])N(CCN(C(=O)c1nn(-c2ccsc2)c2c1COc1cc(OC)c(CC(C)C)cc1-2)C([2H])([2H])[2H])C(C)=O. The normalized spacial score (nSPS) is 15.3. The van der Waals surface area contributed by atoms with Gasteiger partial charge in [0.1, 0.15) is 18.1 Å². The molecule has 0 bridgehead atoms. The molecule has 0 fully saturated rings. The van der Waals surface area contributed by atoms with Crippen molar-refractivity contribution in [1.29, 1.82) is 0 Å². The molecule has 4 rings (SSSR count). The molecule has 3 aromatic rings. The van der Waals surface area contributed by atoms with Crippen molar-refractivity contribution in [2.24, 2.45) is 5.92 Å². The number of hydrogen-bond donors (Lipinski definition) is 0. The van der Waals surface area contributed by atoms with Crippen molar-refractivity contribution in [1.82, 2.24) is 19.6 Å². The van der Waals surface area contributed by atoms with E-state index in [1.807, 2.05) is 29.0 Å². The zero-order chi connectivity index (χ0) is 30.3. The number of carbonyl (C=O) groups is 2. The van der Waals surface area contributed by atoms with Crippen LogP contribution in [0.2, 0.25) is 0 Å². The molecule has 0 atom stereocenters. The number of hydrogen-bond acceptors (Lipinski definition) is 6. The Morgan fingerprint density at radius 2 is 2.06 bits per heavy atom. The van der Waals surface area contributed by atoms with Crippen molar-refractivity contribution < 1.29 is 27.3 Å². The number of benzene rings is 1. The molecule has 0 N–H and O–H groups in total. The minimum atomic E-state index is -2.93. The maximum atomic E-state index is 13.9. The quantitative estimate of drug-likeness (QED) is 0.460. The number of methoxy groups -OCH3 is 1. The van der Waals surface area contributed by atoms with E-state index in [0.29, 0.717) is 49.7 Å². The molecule has 0 saturated carbocycles. The molecular formula is C26H32N4O4S. The van der Waals surface area contributed by atoms with Gasteiger partial charge in [-0.2, -0.15) is 16.4 Å². The number of thiophene rings is 1. The number of likely N-dealkylation sites (N-methyl/N-ethyl adjacent to an activating group) is 2. The topological polar surface area (TPSA) is 76.9 Å². The molecule has 1 aliphatic heterocycles. The fourth-order valence-corrected chi connectivity index (χ4v) is 4.65. The molecule has 0 aliphatic carbocycles. The number of fused-ring (bicyclic) bond motifs is 3. The summed E-state index contributed by atoms with van der Waals surface area (Å²) >= 11 is 1.44. The third-order valence-corrected chi connectivity index (χ3v) is 6.42. The van der Waals surface area contributed by atoms with Gasteiger partial charge in [-0.3, -0.25) is 9.59 Å². The summed E-state index contributed by atoms with van der Waals surface area (Å²) in [6.07, 6.45) is 0.729. The molecule has 1 aliphatic rings. The highest BCUT2D eigenvalue weighted by molar-refractivity contribution is 7.08. The van der Waals surface area contributed by atoms with Crippen LogP contribution in [-0.4, -0.2) is 65.5 Å². The van der Waals surface area contributed by atoms with Crippen molar-refractivity contribution in [3.05, 3.63) is 45.8 Å². The Labute approximate surface area is 218 Å². The third-order valence-electron chi connectivity index (χ3n) is 5.75. The van der Waals surface area contributed by atoms with E-state index in [2.05, 4.69) is 18.9 Å². The number of rotatable bonds is 8. The van der Waals surface area contributed by atoms with Crippen LogP contribution >= 0.6 is 11.3 Å². The molecule has 186 valence electrons. The molecule has 2 aromatic heterocycles. The van der Waals surface area contributed by atoms with Crippen molar-refractivity contribution in [2.45, 2.75) is 33.8 Å². The van der Waals surface area contributed by atoms with E-state index in [-0.39, 0.29) is 12.3 Å². The standard InChI is InChI=1S/C26H32N4O4S/c1-16(2)11-18-12-20-23(13-22(18)33-6)34-14-21-24(26(32)29(5)9-8-28(4)17(3)31)27-30(25(20)21)19-7-10-35-15-19/h7,10,12-13,15-16H,8-9,11,14H2,1-6H3/i4D3,5D3. The highest BCUT2D eigenvalue weighted by Gasteiger charge is 2.32. The molecule has 9 heteroatoms. The van der Waals surface area contributed by atoms with E-state index < -0.39 is 38.9 Å². The molecule has 0 radical (unpaired) electrons. The van der Waals surface area contributed by atoms with Crippen LogP contribution in [0.5, 0.6) is 11.5 Å². The first-order valence-electron chi connectivity index (χ1n) is 14.2. The number of nitrogens with zero attached hydrogens (tertiary/aromatic N) is 4. The molecule has 2 amide bonds. The maximum Gasteiger partial charge on any atom is 0.274 e. The Balaban J connectivity index is 1.84. The zero-order valence-electron chi connectivity index (χ0n) is 26.1. The molecule has 35 heavy (non-hydrogen) atoms. The summed E-state index contributed by atoms with van der Waals surface area (Å²) in [5.74, 6) is -0.134. The van der Waals surface area contributed by atoms with Gasteiger partial charge in [0.25, 0.3) is 5.91 Å². The van der Waals surface area contributed by atoms with Gasteiger partial charge in [0.05, 0.1) is 18.5 Å². The lowest BCUT2D eigenvalue weighted by Crippen LogP contribution is -2.37. The Morgan fingerprint density at radius 3 is 2.69 bits per heavy atom. The van der Waals surface area contributed by atoms with Gasteiger partial charge in [-0.1, -0.05) is 13.8 Å². The summed E-state index contributed by atoms with van der Waals surface area (Å²) in [5, 5.41) is 8.31. The van der Waals surface area contributed by atoms with Gasteiger partial charge in [-0.05, 0) is 35.4 Å². The number of amides is 2. The molecular weight excluding hydrogens is 464 g/mol. The van der Waals surface area contributed by atoms with Crippen LogP contribution in [0.4, 0.5) is 0 Å². The van der Waals surface area contributed by atoms with E-state index >= 15 is 0 Å². The minimum Gasteiger partial charge on any atom is -0.496 e. The predicted octanol–water partition coefficient (Wildman–Crippen LogP) is 4.25. The predicted molar refractivity (Wildman–Crippen MR) is 137 cm³/mol. The van der Waals surface area contributed by atoms with E-state index in [9.17, 15) is 9.59 Å². The van der Waals surface area contributed by atoms with Gasteiger partial charge < -0.3 is 19.3 Å². The van der Waals surface area contributed by atoms with Gasteiger partial charge in [0, 0.05) is 64.8 Å². The zero-order valence-corrected chi connectivity index (χ0v) is 20.9. The van der Waals surface area contributed by atoms with Crippen molar-refractivity contribution in [3.8, 4) is 28.4 Å². The first-order valence-corrected chi connectivity index (χ1v) is 12.2. The van der Waals surface area contributed by atoms with Crippen LogP contribution in [-0.2, 0) is 17.8 Å².